The minimum Gasteiger partial charge on any atom is -0.478 e. The van der Waals surface area contributed by atoms with E-state index in [-0.39, 0.29) is 15.6 Å². The quantitative estimate of drug-likeness (QED) is 0.133. The van der Waals surface area contributed by atoms with Crippen LogP contribution in [0.4, 0.5) is 0 Å². The van der Waals surface area contributed by atoms with Crippen LogP contribution in [0.25, 0.3) is 0 Å². The van der Waals surface area contributed by atoms with Crippen LogP contribution in [0.5, 0.6) is 0 Å². The Morgan fingerprint density at radius 3 is 1.81 bits per heavy atom. The van der Waals surface area contributed by atoms with Crippen molar-refractivity contribution in [1.29, 1.82) is 0 Å². The summed E-state index contributed by atoms with van der Waals surface area (Å²) in [6, 6.07) is 0. The molecule has 0 fully saturated rings. The fourth-order valence-corrected chi connectivity index (χ4v) is 5.22. The van der Waals surface area contributed by atoms with E-state index in [0.29, 0.717) is 26.3 Å². The van der Waals surface area contributed by atoms with Crippen molar-refractivity contribution < 1.29 is 19.4 Å². The smallest absolute Gasteiger partial charge is 0.340 e. The Balaban J connectivity index is 3.37. The first kappa shape index (κ1) is 24.1. The number of halogens is 4. The second-order valence-electron chi connectivity index (χ2n) is 6.05. The van der Waals surface area contributed by atoms with E-state index >= 15 is 0 Å². The van der Waals surface area contributed by atoms with Crippen molar-refractivity contribution in [3.8, 4) is 0 Å². The molecule has 146 valence electrons. The lowest BCUT2D eigenvalue weighted by Gasteiger charge is -2.32. The van der Waals surface area contributed by atoms with E-state index < -0.39 is 17.5 Å². The van der Waals surface area contributed by atoms with E-state index in [1.807, 2.05) is 13.8 Å². The van der Waals surface area contributed by atoms with Crippen LogP contribution in [-0.4, -0.2) is 22.6 Å². The van der Waals surface area contributed by atoms with Gasteiger partial charge in [-0.2, -0.15) is 0 Å². The average molecular weight is 622 g/mol. The molecule has 8 heteroatoms. The van der Waals surface area contributed by atoms with Gasteiger partial charge in [0.2, 0.25) is 0 Å². The molecule has 0 aromatic heterocycles. The third-order valence-electron chi connectivity index (χ3n) is 4.52. The molecule has 0 aliphatic heterocycles. The number of benzene rings is 1. The summed E-state index contributed by atoms with van der Waals surface area (Å²) < 4.78 is 7.60. The predicted octanol–water partition coefficient (Wildman–Crippen LogP) is 7.73. The van der Waals surface area contributed by atoms with E-state index in [9.17, 15) is 14.7 Å². The molecule has 1 aromatic rings. The maximum Gasteiger partial charge on any atom is 0.340 e. The molecule has 0 atom stereocenters. The maximum absolute atomic E-state index is 13.0. The number of carbonyl (C=O) groups excluding carboxylic acids is 1. The van der Waals surface area contributed by atoms with E-state index in [4.69, 9.17) is 4.74 Å². The molecule has 0 unspecified atom stereocenters. The van der Waals surface area contributed by atoms with Crippen LogP contribution in [0.2, 0.25) is 0 Å². The molecule has 0 saturated carbocycles. The van der Waals surface area contributed by atoms with Crippen LogP contribution in [-0.2, 0) is 4.74 Å². The first-order valence-corrected chi connectivity index (χ1v) is 11.7. The highest BCUT2D eigenvalue weighted by molar-refractivity contribution is 9.15. The van der Waals surface area contributed by atoms with Gasteiger partial charge in [-0.3, -0.25) is 0 Å². The molecule has 0 saturated heterocycles. The van der Waals surface area contributed by atoms with Crippen molar-refractivity contribution in [1.82, 2.24) is 0 Å². The highest BCUT2D eigenvalue weighted by Gasteiger charge is 2.35. The van der Waals surface area contributed by atoms with Gasteiger partial charge in [0.05, 0.1) is 11.1 Å². The lowest BCUT2D eigenvalue weighted by atomic mass is 9.90. The first-order valence-electron chi connectivity index (χ1n) is 8.48. The van der Waals surface area contributed by atoms with Crippen molar-refractivity contribution in [2.45, 2.75) is 64.9 Å². The number of hydrogen-bond donors (Lipinski definition) is 1. The molecule has 0 spiro atoms. The van der Waals surface area contributed by atoms with Gasteiger partial charge in [0.1, 0.15) is 5.60 Å². The summed E-state index contributed by atoms with van der Waals surface area (Å²) in [6.07, 6.45) is 5.23. The molecule has 1 N–H and O–H groups in total. The Hall–Kier alpha value is 0.0800. The summed E-state index contributed by atoms with van der Waals surface area (Å²) in [5.74, 6) is -1.84. The lowest BCUT2D eigenvalue weighted by molar-refractivity contribution is -0.0288. The summed E-state index contributed by atoms with van der Waals surface area (Å²) in [6.45, 7) is 6.10. The zero-order valence-electron chi connectivity index (χ0n) is 14.9. The number of rotatable bonds is 9. The lowest BCUT2D eigenvalue weighted by Crippen LogP contribution is -2.34. The number of carbonyl (C=O) groups is 2. The van der Waals surface area contributed by atoms with Gasteiger partial charge >= 0.3 is 11.9 Å². The summed E-state index contributed by atoms with van der Waals surface area (Å²) in [7, 11) is 0. The molecular weight excluding hydrogens is 600 g/mol. The van der Waals surface area contributed by atoms with Crippen LogP contribution in [0.3, 0.4) is 0 Å². The van der Waals surface area contributed by atoms with Crippen molar-refractivity contribution in [2.24, 2.45) is 0 Å². The van der Waals surface area contributed by atoms with Crippen LogP contribution < -0.4 is 0 Å². The van der Waals surface area contributed by atoms with E-state index in [0.717, 1.165) is 25.7 Å². The van der Waals surface area contributed by atoms with Crippen LogP contribution >= 0.6 is 63.7 Å². The van der Waals surface area contributed by atoms with Crippen molar-refractivity contribution in [3.63, 3.8) is 0 Å². The maximum atomic E-state index is 13.0. The molecule has 0 aliphatic rings. The summed E-state index contributed by atoms with van der Waals surface area (Å²) in [4.78, 5) is 24.8. The molecule has 0 bridgehead atoms. The van der Waals surface area contributed by atoms with Crippen LogP contribution in [0, 0.1) is 0 Å². The van der Waals surface area contributed by atoms with E-state index in [1.165, 1.54) is 0 Å². The molecule has 26 heavy (non-hydrogen) atoms. The monoisotopic (exact) mass is 618 g/mol. The molecular formula is C18H22Br4O4. The number of esters is 1. The van der Waals surface area contributed by atoms with E-state index in [2.05, 4.69) is 70.6 Å². The van der Waals surface area contributed by atoms with Gasteiger partial charge in [-0.15, -0.1) is 0 Å². The first-order chi connectivity index (χ1) is 12.2. The zero-order chi connectivity index (χ0) is 20.1. The third kappa shape index (κ3) is 5.32. The van der Waals surface area contributed by atoms with Gasteiger partial charge in [0.25, 0.3) is 0 Å². The second-order valence-corrected chi connectivity index (χ2v) is 9.22. The Kier molecular flexibility index (Phi) is 9.81. The molecule has 4 nitrogen and oxygen atoms in total. The number of carboxylic acid groups (broad SMARTS) is 1. The molecule has 1 aromatic carbocycles. The fourth-order valence-electron chi connectivity index (χ4n) is 2.77. The topological polar surface area (TPSA) is 63.6 Å². The Morgan fingerprint density at radius 2 is 1.38 bits per heavy atom. The van der Waals surface area contributed by atoms with Gasteiger partial charge in [-0.05, 0) is 89.4 Å². The summed E-state index contributed by atoms with van der Waals surface area (Å²) in [5.41, 5.74) is -0.721. The number of carboxylic acids is 1. The van der Waals surface area contributed by atoms with Gasteiger partial charge in [-0.1, -0.05) is 33.6 Å². The standard InChI is InChI=1S/C18H22Br4O4/c1-4-7-8-9-18(5-2,6-3)26-17(25)11-10(16(23)24)12(19)14(21)15(22)13(11)20/h4-9H2,1-3H3,(H,23,24). The van der Waals surface area contributed by atoms with Crippen LogP contribution in [0.1, 0.15) is 80.0 Å². The average Bonchev–Trinajstić information content (AvgIpc) is 2.61. The Bertz CT molecular complexity index is 685. The number of hydrogen-bond acceptors (Lipinski definition) is 3. The van der Waals surface area contributed by atoms with Crippen molar-refractivity contribution in [2.75, 3.05) is 0 Å². The largest absolute Gasteiger partial charge is 0.478 e. The minimum absolute atomic E-state index is 0.00113. The summed E-state index contributed by atoms with van der Waals surface area (Å²) >= 11 is 13.3. The second kappa shape index (κ2) is 10.6. The molecule has 1 rings (SSSR count). The third-order valence-corrected chi connectivity index (χ3v) is 9.29. The van der Waals surface area contributed by atoms with Crippen molar-refractivity contribution >= 4 is 75.7 Å². The highest BCUT2D eigenvalue weighted by atomic mass is 79.9. The normalized spacial score (nSPS) is 11.5. The predicted molar refractivity (Wildman–Crippen MR) is 117 cm³/mol. The fraction of sp³-hybridized carbons (Fsp3) is 0.556. The number of aromatic carboxylic acids is 1. The Labute approximate surface area is 188 Å². The van der Waals surface area contributed by atoms with Crippen molar-refractivity contribution in [3.05, 3.63) is 29.0 Å². The molecule has 0 aliphatic carbocycles. The van der Waals surface area contributed by atoms with Gasteiger partial charge in [-0.25, -0.2) is 9.59 Å². The number of unbranched alkanes of at least 4 members (excludes halogenated alkanes) is 2. The van der Waals surface area contributed by atoms with Gasteiger partial charge < -0.3 is 9.84 Å². The zero-order valence-corrected chi connectivity index (χ0v) is 21.3. The molecule has 0 radical (unpaired) electrons. The highest BCUT2D eigenvalue weighted by Crippen LogP contribution is 2.43. The Morgan fingerprint density at radius 1 is 0.885 bits per heavy atom. The minimum atomic E-state index is -1.21. The van der Waals surface area contributed by atoms with Gasteiger partial charge in [0.15, 0.2) is 0 Å². The SMILES string of the molecule is CCCCCC(CC)(CC)OC(=O)c1c(Br)c(Br)c(Br)c(Br)c1C(=O)O. The van der Waals surface area contributed by atoms with E-state index in [1.54, 1.807) is 0 Å². The molecule has 0 heterocycles. The van der Waals surface area contributed by atoms with Gasteiger partial charge in [0, 0.05) is 17.9 Å². The van der Waals surface area contributed by atoms with Crippen LogP contribution in [0.15, 0.2) is 17.9 Å². The molecule has 0 amide bonds. The summed E-state index contributed by atoms with van der Waals surface area (Å²) in [5, 5.41) is 9.63. The number of ether oxygens (including phenoxy) is 1.